The number of benzene rings is 3. The lowest BCUT2D eigenvalue weighted by Crippen LogP contribution is -2.55. The number of carbonyl (C=O) groups excluding carboxylic acids is 1. The first-order valence-corrected chi connectivity index (χ1v) is 19.4. The van der Waals surface area contributed by atoms with Crippen LogP contribution in [0.4, 0.5) is 11.4 Å². The lowest BCUT2D eigenvalue weighted by Gasteiger charge is -2.41. The van der Waals surface area contributed by atoms with Gasteiger partial charge in [0.15, 0.2) is 11.6 Å². The molecular weight excluding hydrogens is 685 g/mol. The summed E-state index contributed by atoms with van der Waals surface area (Å²) in [5, 5.41) is 14.5. The number of nitrogens with one attached hydrogen (secondary N) is 3. The maximum Gasteiger partial charge on any atom is 0.245 e. The molecule has 0 saturated heterocycles. The number of aliphatic hydroxyl groups excluding tert-OH is 1. The molecule has 1 atom stereocenters. The van der Waals surface area contributed by atoms with Crippen LogP contribution in [0.1, 0.15) is 37.8 Å². The summed E-state index contributed by atoms with van der Waals surface area (Å²) < 4.78 is 93.9. The van der Waals surface area contributed by atoms with Gasteiger partial charge >= 0.3 is 0 Å². The zero-order valence-corrected chi connectivity index (χ0v) is 29.1. The number of ether oxygens (including phenoxy) is 2. The summed E-state index contributed by atoms with van der Waals surface area (Å²) in [6.07, 6.45) is 1.24. The van der Waals surface area contributed by atoms with E-state index in [2.05, 4.69) is 19.2 Å². The van der Waals surface area contributed by atoms with Crippen molar-refractivity contribution < 1.29 is 45.3 Å². The van der Waals surface area contributed by atoms with E-state index in [9.17, 15) is 35.8 Å². The van der Waals surface area contributed by atoms with E-state index in [1.807, 2.05) is 13.8 Å². The molecule has 17 heteroatoms. The van der Waals surface area contributed by atoms with Gasteiger partial charge in [-0.2, -0.15) is 4.72 Å². The number of hydrogen-bond acceptors (Lipinski definition) is 12. The summed E-state index contributed by atoms with van der Waals surface area (Å²) in [6, 6.07) is 14.4. The second-order valence-electron chi connectivity index (χ2n) is 11.7. The van der Waals surface area contributed by atoms with Crippen molar-refractivity contribution >= 4 is 59.6 Å². The van der Waals surface area contributed by atoms with Crippen LogP contribution in [-0.4, -0.2) is 63.1 Å². The highest BCUT2D eigenvalue weighted by Crippen LogP contribution is 2.57. The minimum absolute atomic E-state index is 0.00827. The summed E-state index contributed by atoms with van der Waals surface area (Å²) in [7, 11) is -9.66. The summed E-state index contributed by atoms with van der Waals surface area (Å²) in [5.41, 5.74) is -2.08. The number of anilines is 2. The van der Waals surface area contributed by atoms with Crippen LogP contribution in [0.3, 0.4) is 0 Å². The van der Waals surface area contributed by atoms with Gasteiger partial charge in [0.2, 0.25) is 20.0 Å². The zero-order chi connectivity index (χ0) is 35.2. The van der Waals surface area contributed by atoms with Crippen molar-refractivity contribution in [1.82, 2.24) is 4.72 Å². The molecule has 0 fully saturated rings. The van der Waals surface area contributed by atoms with Crippen LogP contribution in [0.2, 0.25) is 0 Å². The van der Waals surface area contributed by atoms with E-state index in [0.29, 0.717) is 6.42 Å². The number of fused-ring (bicyclic) bond motifs is 2. The topological polar surface area (TPSA) is 213 Å². The molecule has 6 N–H and O–H groups in total. The number of nitrogens with zero attached hydrogens (tertiary/aromatic N) is 1. The van der Waals surface area contributed by atoms with Crippen molar-refractivity contribution in [2.75, 3.05) is 30.5 Å². The average molecular weight is 721 g/mol. The molecule has 0 saturated carbocycles. The highest BCUT2D eigenvalue weighted by Gasteiger charge is 2.52. The predicted octanol–water partition coefficient (Wildman–Crippen LogP) is 5.09. The molecule has 0 bridgehead atoms. The minimum atomic E-state index is -4.57. The van der Waals surface area contributed by atoms with Crippen LogP contribution in [-0.2, 0) is 30.4 Å². The molecule has 1 aliphatic heterocycles. The zero-order valence-electron chi connectivity index (χ0n) is 26.6. The molecule has 48 heavy (non-hydrogen) atoms. The Morgan fingerprint density at radius 1 is 1.00 bits per heavy atom. The molecule has 5 rings (SSSR count). The molecule has 1 aliphatic carbocycles. The molecule has 0 amide bonds. The third kappa shape index (κ3) is 6.61. The largest absolute Gasteiger partial charge is 0.506 e. The van der Waals surface area contributed by atoms with Gasteiger partial charge in [0, 0.05) is 11.6 Å². The second-order valence-corrected chi connectivity index (χ2v) is 16.8. The molecule has 14 nitrogen and oxygen atoms in total. The van der Waals surface area contributed by atoms with E-state index < -0.39 is 59.3 Å². The second kappa shape index (κ2) is 12.7. The predicted molar refractivity (Wildman–Crippen MR) is 184 cm³/mol. The van der Waals surface area contributed by atoms with Crippen molar-refractivity contribution in [3.63, 3.8) is 0 Å². The third-order valence-electron chi connectivity index (χ3n) is 7.85. The fourth-order valence-corrected chi connectivity index (χ4v) is 8.91. The van der Waals surface area contributed by atoms with Crippen molar-refractivity contribution in [2.45, 2.75) is 42.0 Å². The molecule has 2 aliphatic rings. The van der Waals surface area contributed by atoms with Gasteiger partial charge < -0.3 is 19.9 Å². The Hall–Kier alpha value is -4.13. The number of sulfonamides is 2. The van der Waals surface area contributed by atoms with Gasteiger partial charge in [-0.15, -0.1) is 4.40 Å². The Balaban J connectivity index is 1.70. The number of Topliss-reactive ketones (excluding diaryl/α,β-unsaturated/α-hetero) is 1. The molecule has 3 aromatic carbocycles. The van der Waals surface area contributed by atoms with Crippen LogP contribution in [0.5, 0.6) is 11.5 Å². The van der Waals surface area contributed by atoms with E-state index in [-0.39, 0.29) is 56.1 Å². The van der Waals surface area contributed by atoms with Crippen molar-refractivity contribution in [1.29, 1.82) is 0 Å². The fourth-order valence-electron chi connectivity index (χ4n) is 5.61. The van der Waals surface area contributed by atoms with Gasteiger partial charge in [-0.1, -0.05) is 48.9 Å². The smallest absolute Gasteiger partial charge is 0.245 e. The number of aliphatic hydroxyl groups is 1. The maximum absolute atomic E-state index is 14.9. The van der Waals surface area contributed by atoms with Gasteiger partial charge in [0.1, 0.15) is 38.2 Å². The molecule has 258 valence electrons. The molecule has 0 spiro atoms. The summed E-state index contributed by atoms with van der Waals surface area (Å²) in [5.74, 6) is -1.65. The monoisotopic (exact) mass is 720 g/mol. The van der Waals surface area contributed by atoms with Gasteiger partial charge in [0.05, 0.1) is 31.9 Å². The lowest BCUT2D eigenvalue weighted by molar-refractivity contribution is -0.121. The van der Waals surface area contributed by atoms with E-state index in [4.69, 9.17) is 9.47 Å². The first kappa shape index (κ1) is 35.2. The molecule has 1 heterocycles. The Kier molecular flexibility index (Phi) is 9.32. The lowest BCUT2D eigenvalue weighted by atomic mass is 9.72. The van der Waals surface area contributed by atoms with Crippen molar-refractivity contribution in [3.05, 3.63) is 77.4 Å². The van der Waals surface area contributed by atoms with Crippen LogP contribution in [0, 0.1) is 5.92 Å². The number of hydrogen-bond donors (Lipinski definition) is 6. The molecule has 0 aromatic heterocycles. The molecule has 0 unspecified atom stereocenters. The highest BCUT2D eigenvalue weighted by molar-refractivity contribution is 8.23. The number of amidine groups is 1. The number of rotatable bonds is 11. The van der Waals surface area contributed by atoms with E-state index >= 15 is 0 Å². The quantitative estimate of drug-likeness (QED) is 0.154. The minimum Gasteiger partial charge on any atom is -0.506 e. The van der Waals surface area contributed by atoms with Gasteiger partial charge in [-0.3, -0.25) is 18.6 Å². The normalized spacial score (nSPS) is 19.5. The SMILES string of the molecule is COc1ccc(OC)c(S(=O)(=O)N[C@]2(CCC(C)C)C(=O)C(C3=NS(O)(O)c4cc(NS(C)(=O)=O)ccc4N3)=C(O)c3ccccc32)c1. The van der Waals surface area contributed by atoms with E-state index in [1.54, 1.807) is 18.2 Å². The molecule has 0 radical (unpaired) electrons. The van der Waals surface area contributed by atoms with Gasteiger partial charge in [0.25, 0.3) is 0 Å². The van der Waals surface area contributed by atoms with Gasteiger partial charge in [-0.05, 0) is 54.7 Å². The van der Waals surface area contributed by atoms with Crippen molar-refractivity contribution in [2.24, 2.45) is 10.3 Å². The number of ketones is 1. The third-order valence-corrected chi connectivity index (χ3v) is 11.3. The van der Waals surface area contributed by atoms with Crippen LogP contribution >= 0.6 is 10.8 Å². The van der Waals surface area contributed by atoms with E-state index in [0.717, 1.165) is 6.26 Å². The molecular formula is C31H36N4O10S3. The van der Waals surface area contributed by atoms with E-state index in [1.165, 1.54) is 56.7 Å². The van der Waals surface area contributed by atoms with Crippen molar-refractivity contribution in [3.8, 4) is 11.5 Å². The highest BCUT2D eigenvalue weighted by atomic mass is 32.3. The maximum atomic E-state index is 14.9. The number of methoxy groups -OCH3 is 2. The first-order chi connectivity index (χ1) is 22.4. The fraction of sp³-hybridized carbons (Fsp3) is 0.290. The Morgan fingerprint density at radius 2 is 1.71 bits per heavy atom. The Morgan fingerprint density at radius 3 is 2.35 bits per heavy atom. The average Bonchev–Trinajstić information content (AvgIpc) is 3.01. The first-order valence-electron chi connectivity index (χ1n) is 14.5. The Bertz CT molecular complexity index is 2080. The molecule has 3 aromatic rings. The summed E-state index contributed by atoms with van der Waals surface area (Å²) in [4.78, 5) is 14.4. The van der Waals surface area contributed by atoms with Crippen LogP contribution < -0.4 is 24.2 Å². The Labute approximate surface area is 280 Å². The van der Waals surface area contributed by atoms with Crippen LogP contribution in [0.15, 0.2) is 80.4 Å². The number of carbonyl (C=O) groups is 1. The summed E-state index contributed by atoms with van der Waals surface area (Å²) in [6.45, 7) is 3.82. The standard InChI is InChI=1S/C31H36N4O10S3/c1-18(2)14-15-31(35-48(42,43)26-17-20(44-3)11-13-24(26)45-4)22-9-7-6-8-21(22)28(36)27(29(31)37)30-32-23-12-10-19(33-46(5,38)39)16-25(23)47(40,41)34-30/h6-13,16-18,33,35-36,40-41H,14-15H2,1-5H3,(H,32,34)/t31-/m0/s1. The van der Waals surface area contributed by atoms with Crippen LogP contribution in [0.25, 0.3) is 5.76 Å². The van der Waals surface area contributed by atoms with Gasteiger partial charge in [-0.25, -0.2) is 16.8 Å². The summed E-state index contributed by atoms with van der Waals surface area (Å²) >= 11 is 0.